The molecule has 1 aromatic rings. The molecule has 1 heterocycles. The van der Waals surface area contributed by atoms with Gasteiger partial charge < -0.3 is 15.3 Å². The van der Waals surface area contributed by atoms with Crippen LogP contribution >= 0.6 is 0 Å². The molecule has 0 aromatic heterocycles. The Bertz CT molecular complexity index is 637. The van der Waals surface area contributed by atoms with E-state index in [1.165, 1.54) is 11.1 Å². The van der Waals surface area contributed by atoms with Crippen molar-refractivity contribution in [2.24, 2.45) is 0 Å². The maximum Gasteiger partial charge on any atom is 0.317 e. The van der Waals surface area contributed by atoms with Crippen LogP contribution in [0, 0.1) is 0 Å². The van der Waals surface area contributed by atoms with Crippen LogP contribution in [0.4, 0.5) is 4.79 Å². The van der Waals surface area contributed by atoms with Crippen LogP contribution in [0.3, 0.4) is 0 Å². The SMILES string of the molecule is CCN(CC(=O)O)C1CCN(C(=O)NC(C)Cc2ccc(C(C)C)cc2)CC1. The Hall–Kier alpha value is -2.08. The molecule has 0 bridgehead atoms. The number of carboxylic acid groups (broad SMARTS) is 1. The van der Waals surface area contributed by atoms with Gasteiger partial charge in [-0.2, -0.15) is 0 Å². The summed E-state index contributed by atoms with van der Waals surface area (Å²) in [6.07, 6.45) is 2.45. The average molecular weight is 390 g/mol. The minimum Gasteiger partial charge on any atom is -0.480 e. The molecule has 2 amide bonds. The standard InChI is InChI=1S/C22H35N3O3/c1-5-24(15-21(26)27)20-10-12-25(13-11-20)22(28)23-17(4)14-18-6-8-19(9-7-18)16(2)3/h6-9,16-17,20H,5,10-15H2,1-4H3,(H,23,28)(H,26,27). The van der Waals surface area contributed by atoms with E-state index in [-0.39, 0.29) is 24.7 Å². The van der Waals surface area contributed by atoms with Gasteiger partial charge in [-0.1, -0.05) is 45.0 Å². The zero-order valence-electron chi connectivity index (χ0n) is 17.6. The number of piperidine rings is 1. The number of nitrogens with one attached hydrogen (secondary N) is 1. The normalized spacial score (nSPS) is 16.4. The van der Waals surface area contributed by atoms with Gasteiger partial charge >= 0.3 is 12.0 Å². The third kappa shape index (κ3) is 6.51. The number of aliphatic carboxylic acids is 1. The molecule has 0 spiro atoms. The molecule has 0 radical (unpaired) electrons. The van der Waals surface area contributed by atoms with Crippen LogP contribution in [0.25, 0.3) is 0 Å². The van der Waals surface area contributed by atoms with Gasteiger partial charge in [-0.25, -0.2) is 4.79 Å². The molecule has 1 aromatic carbocycles. The molecular formula is C22H35N3O3. The van der Waals surface area contributed by atoms with E-state index in [9.17, 15) is 9.59 Å². The Morgan fingerprint density at radius 2 is 1.79 bits per heavy atom. The molecular weight excluding hydrogens is 354 g/mol. The lowest BCUT2D eigenvalue weighted by Gasteiger charge is -2.37. The first-order valence-electron chi connectivity index (χ1n) is 10.4. The molecule has 1 atom stereocenters. The number of likely N-dealkylation sites (N-methyl/N-ethyl adjacent to an activating group) is 1. The predicted octanol–water partition coefficient (Wildman–Crippen LogP) is 3.32. The van der Waals surface area contributed by atoms with Crippen molar-refractivity contribution in [2.75, 3.05) is 26.2 Å². The topological polar surface area (TPSA) is 72.9 Å². The van der Waals surface area contributed by atoms with Gasteiger partial charge in [0, 0.05) is 25.2 Å². The van der Waals surface area contributed by atoms with E-state index >= 15 is 0 Å². The summed E-state index contributed by atoms with van der Waals surface area (Å²) in [6.45, 7) is 10.5. The van der Waals surface area contributed by atoms with Crippen molar-refractivity contribution in [3.8, 4) is 0 Å². The van der Waals surface area contributed by atoms with E-state index in [0.717, 1.165) is 25.8 Å². The quantitative estimate of drug-likeness (QED) is 0.715. The highest BCUT2D eigenvalue weighted by molar-refractivity contribution is 5.74. The number of likely N-dealkylation sites (tertiary alicyclic amines) is 1. The summed E-state index contributed by atoms with van der Waals surface area (Å²) in [5.41, 5.74) is 2.55. The van der Waals surface area contributed by atoms with Gasteiger partial charge in [-0.05, 0) is 49.8 Å². The zero-order valence-corrected chi connectivity index (χ0v) is 17.6. The third-order valence-corrected chi connectivity index (χ3v) is 5.57. The highest BCUT2D eigenvalue weighted by Crippen LogP contribution is 2.18. The molecule has 2 rings (SSSR count). The molecule has 0 saturated carbocycles. The summed E-state index contributed by atoms with van der Waals surface area (Å²) in [5.74, 6) is -0.273. The lowest BCUT2D eigenvalue weighted by atomic mass is 9.99. The van der Waals surface area contributed by atoms with Crippen molar-refractivity contribution in [3.63, 3.8) is 0 Å². The second kappa shape index (κ2) is 10.5. The maximum atomic E-state index is 12.6. The number of carbonyl (C=O) groups is 2. The van der Waals surface area contributed by atoms with Crippen LogP contribution in [0.2, 0.25) is 0 Å². The average Bonchev–Trinajstić information content (AvgIpc) is 2.66. The van der Waals surface area contributed by atoms with Crippen LogP contribution in [0.15, 0.2) is 24.3 Å². The number of nitrogens with zero attached hydrogens (tertiary/aromatic N) is 2. The fourth-order valence-corrected chi connectivity index (χ4v) is 3.85. The van der Waals surface area contributed by atoms with Gasteiger partial charge in [0.15, 0.2) is 0 Å². The molecule has 2 N–H and O–H groups in total. The number of hydrogen-bond acceptors (Lipinski definition) is 3. The zero-order chi connectivity index (χ0) is 20.7. The molecule has 1 aliphatic heterocycles. The van der Waals surface area contributed by atoms with Crippen molar-refractivity contribution in [1.29, 1.82) is 0 Å². The number of hydrogen-bond donors (Lipinski definition) is 2. The Kier molecular flexibility index (Phi) is 8.30. The summed E-state index contributed by atoms with van der Waals surface area (Å²) < 4.78 is 0. The van der Waals surface area contributed by atoms with Crippen LogP contribution < -0.4 is 5.32 Å². The first kappa shape index (κ1) is 22.2. The third-order valence-electron chi connectivity index (χ3n) is 5.57. The Balaban J connectivity index is 1.79. The van der Waals surface area contributed by atoms with E-state index in [4.69, 9.17) is 5.11 Å². The number of carboxylic acids is 1. The van der Waals surface area contributed by atoms with Crippen molar-refractivity contribution >= 4 is 12.0 Å². The summed E-state index contributed by atoms with van der Waals surface area (Å²) in [7, 11) is 0. The van der Waals surface area contributed by atoms with Gasteiger partial charge in [0.05, 0.1) is 6.54 Å². The van der Waals surface area contributed by atoms with E-state index < -0.39 is 5.97 Å². The lowest BCUT2D eigenvalue weighted by Crippen LogP contribution is -2.51. The molecule has 6 heteroatoms. The molecule has 28 heavy (non-hydrogen) atoms. The first-order chi connectivity index (χ1) is 13.3. The molecule has 0 aliphatic carbocycles. The summed E-state index contributed by atoms with van der Waals surface area (Å²) >= 11 is 0. The Morgan fingerprint density at radius 3 is 2.29 bits per heavy atom. The molecule has 156 valence electrons. The number of carbonyl (C=O) groups excluding carboxylic acids is 1. The second-order valence-corrected chi connectivity index (χ2v) is 8.13. The fraction of sp³-hybridized carbons (Fsp3) is 0.636. The number of amides is 2. The van der Waals surface area contributed by atoms with E-state index in [1.54, 1.807) is 0 Å². The van der Waals surface area contributed by atoms with Gasteiger partial charge in [0.1, 0.15) is 0 Å². The molecule has 1 saturated heterocycles. The van der Waals surface area contributed by atoms with Gasteiger partial charge in [-0.3, -0.25) is 9.69 Å². The lowest BCUT2D eigenvalue weighted by molar-refractivity contribution is -0.139. The van der Waals surface area contributed by atoms with Crippen LogP contribution in [-0.2, 0) is 11.2 Å². The van der Waals surface area contributed by atoms with Gasteiger partial charge in [0.2, 0.25) is 0 Å². The monoisotopic (exact) mass is 389 g/mol. The maximum absolute atomic E-state index is 12.6. The Labute approximate surface area is 168 Å². The molecule has 6 nitrogen and oxygen atoms in total. The highest BCUT2D eigenvalue weighted by Gasteiger charge is 2.27. The van der Waals surface area contributed by atoms with Crippen molar-refractivity contribution in [1.82, 2.24) is 15.1 Å². The van der Waals surface area contributed by atoms with Gasteiger partial charge in [-0.15, -0.1) is 0 Å². The predicted molar refractivity (Wildman–Crippen MR) is 112 cm³/mol. The van der Waals surface area contributed by atoms with Crippen molar-refractivity contribution in [3.05, 3.63) is 35.4 Å². The first-order valence-corrected chi connectivity index (χ1v) is 10.4. The van der Waals surface area contributed by atoms with Crippen molar-refractivity contribution < 1.29 is 14.7 Å². The van der Waals surface area contributed by atoms with E-state index in [1.807, 2.05) is 23.6 Å². The van der Waals surface area contributed by atoms with Gasteiger partial charge in [0.25, 0.3) is 0 Å². The Morgan fingerprint density at radius 1 is 1.18 bits per heavy atom. The fourth-order valence-electron chi connectivity index (χ4n) is 3.85. The second-order valence-electron chi connectivity index (χ2n) is 8.13. The summed E-state index contributed by atoms with van der Waals surface area (Å²) in [4.78, 5) is 27.4. The number of urea groups is 1. The molecule has 1 aliphatic rings. The summed E-state index contributed by atoms with van der Waals surface area (Å²) in [6, 6.07) is 8.89. The van der Waals surface area contributed by atoms with E-state index in [2.05, 4.69) is 43.4 Å². The summed E-state index contributed by atoms with van der Waals surface area (Å²) in [5, 5.41) is 12.1. The minimum atomic E-state index is -0.794. The highest BCUT2D eigenvalue weighted by atomic mass is 16.4. The molecule has 1 fully saturated rings. The van der Waals surface area contributed by atoms with Crippen LogP contribution in [-0.4, -0.2) is 65.2 Å². The number of rotatable bonds is 8. The largest absolute Gasteiger partial charge is 0.480 e. The number of benzene rings is 1. The van der Waals surface area contributed by atoms with Crippen LogP contribution in [0.5, 0.6) is 0 Å². The molecule has 1 unspecified atom stereocenters. The van der Waals surface area contributed by atoms with Crippen molar-refractivity contribution in [2.45, 2.75) is 65.0 Å². The van der Waals surface area contributed by atoms with E-state index in [0.29, 0.717) is 19.0 Å². The van der Waals surface area contributed by atoms with Crippen LogP contribution in [0.1, 0.15) is 57.6 Å². The smallest absolute Gasteiger partial charge is 0.317 e. The minimum absolute atomic E-state index is 0.0222.